The smallest absolute Gasteiger partial charge is 0.338 e. The molecule has 1 heterocycles. The molecule has 35 heavy (non-hydrogen) atoms. The van der Waals surface area contributed by atoms with Crippen molar-refractivity contribution in [2.24, 2.45) is 0 Å². The van der Waals surface area contributed by atoms with Crippen LogP contribution >= 0.6 is 11.8 Å². The van der Waals surface area contributed by atoms with Crippen LogP contribution in [0.5, 0.6) is 0 Å². The molecule has 0 aromatic heterocycles. The van der Waals surface area contributed by atoms with Gasteiger partial charge in [0.1, 0.15) is 10.6 Å². The maximum Gasteiger partial charge on any atom is 0.338 e. The van der Waals surface area contributed by atoms with Crippen molar-refractivity contribution in [3.8, 4) is 0 Å². The summed E-state index contributed by atoms with van der Waals surface area (Å²) in [6.45, 7) is 6.21. The maximum atomic E-state index is 13.5. The van der Waals surface area contributed by atoms with E-state index in [1.807, 2.05) is 69.3 Å². The second-order valence-electron chi connectivity index (χ2n) is 8.24. The predicted molar refractivity (Wildman–Crippen MR) is 138 cm³/mol. The molecule has 1 N–H and O–H groups in total. The number of amides is 2. The van der Waals surface area contributed by atoms with Crippen molar-refractivity contribution in [3.63, 3.8) is 0 Å². The summed E-state index contributed by atoms with van der Waals surface area (Å²) in [5.74, 6) is -1.31. The number of imide groups is 1. The van der Waals surface area contributed by atoms with Gasteiger partial charge in [0.15, 0.2) is 0 Å². The Bertz CT molecular complexity index is 1300. The molecular weight excluding hydrogens is 460 g/mol. The molecule has 0 spiro atoms. The molecule has 1 aliphatic rings. The van der Waals surface area contributed by atoms with Crippen LogP contribution in [0.25, 0.3) is 0 Å². The van der Waals surface area contributed by atoms with Crippen molar-refractivity contribution in [2.75, 3.05) is 16.8 Å². The van der Waals surface area contributed by atoms with Crippen LogP contribution in [-0.2, 0) is 14.3 Å². The van der Waals surface area contributed by atoms with Crippen molar-refractivity contribution >= 4 is 40.9 Å². The summed E-state index contributed by atoms with van der Waals surface area (Å²) in [6.07, 6.45) is 0.727. The molecule has 6 nitrogen and oxygen atoms in total. The van der Waals surface area contributed by atoms with E-state index in [1.54, 1.807) is 24.3 Å². The molecule has 3 aromatic rings. The summed E-state index contributed by atoms with van der Waals surface area (Å²) in [7, 11) is 0. The second-order valence-corrected chi connectivity index (χ2v) is 9.33. The Hall–Kier alpha value is -3.84. The molecule has 0 atom stereocenters. The summed E-state index contributed by atoms with van der Waals surface area (Å²) in [4.78, 5) is 41.4. The van der Waals surface area contributed by atoms with Gasteiger partial charge in [-0.3, -0.25) is 9.59 Å². The van der Waals surface area contributed by atoms with Crippen molar-refractivity contribution in [1.29, 1.82) is 0 Å². The molecule has 0 aliphatic carbocycles. The van der Waals surface area contributed by atoms with Crippen molar-refractivity contribution < 1.29 is 19.1 Å². The minimum atomic E-state index is -0.451. The quantitative estimate of drug-likeness (QED) is 0.318. The largest absolute Gasteiger partial charge is 0.462 e. The van der Waals surface area contributed by atoms with Crippen LogP contribution < -0.4 is 10.2 Å². The molecule has 4 rings (SSSR count). The van der Waals surface area contributed by atoms with Crippen LogP contribution in [-0.4, -0.2) is 24.4 Å². The number of nitrogens with zero attached hydrogens (tertiary/aromatic N) is 1. The molecule has 7 heteroatoms. The number of benzene rings is 3. The van der Waals surface area contributed by atoms with E-state index in [9.17, 15) is 14.4 Å². The van der Waals surface area contributed by atoms with Gasteiger partial charge >= 0.3 is 5.97 Å². The fourth-order valence-corrected chi connectivity index (χ4v) is 4.49. The molecule has 2 amide bonds. The number of hydrogen-bond acceptors (Lipinski definition) is 6. The van der Waals surface area contributed by atoms with Crippen LogP contribution in [0.2, 0.25) is 0 Å². The van der Waals surface area contributed by atoms with Gasteiger partial charge in [0, 0.05) is 10.6 Å². The first-order chi connectivity index (χ1) is 16.9. The average Bonchev–Trinajstić information content (AvgIpc) is 3.08. The van der Waals surface area contributed by atoms with Crippen molar-refractivity contribution in [1.82, 2.24) is 0 Å². The number of rotatable bonds is 8. The minimum Gasteiger partial charge on any atom is -0.462 e. The molecule has 1 aliphatic heterocycles. The van der Waals surface area contributed by atoms with Crippen LogP contribution in [0, 0.1) is 13.8 Å². The number of thioether (sulfide) groups is 1. The minimum absolute atomic E-state index is 0.220. The third-order valence-electron chi connectivity index (χ3n) is 5.37. The molecule has 0 fully saturated rings. The van der Waals surface area contributed by atoms with Gasteiger partial charge in [-0.25, -0.2) is 9.69 Å². The Morgan fingerprint density at radius 1 is 0.914 bits per heavy atom. The third-order valence-corrected chi connectivity index (χ3v) is 6.46. The maximum absolute atomic E-state index is 13.5. The lowest BCUT2D eigenvalue weighted by Gasteiger charge is -2.16. The van der Waals surface area contributed by atoms with Gasteiger partial charge in [-0.1, -0.05) is 48.5 Å². The fourth-order valence-electron chi connectivity index (χ4n) is 3.57. The number of carbonyl (C=O) groups is 3. The molecule has 0 saturated carbocycles. The average molecular weight is 487 g/mol. The number of hydrogen-bond donors (Lipinski definition) is 1. The van der Waals surface area contributed by atoms with E-state index in [4.69, 9.17) is 4.74 Å². The van der Waals surface area contributed by atoms with Gasteiger partial charge in [0.05, 0.1) is 17.9 Å². The van der Waals surface area contributed by atoms with Crippen LogP contribution in [0.4, 0.5) is 11.4 Å². The summed E-state index contributed by atoms with van der Waals surface area (Å²) in [5, 5.41) is 3.17. The molecule has 0 radical (unpaired) electrons. The normalized spacial score (nSPS) is 13.4. The summed E-state index contributed by atoms with van der Waals surface area (Å²) in [6, 6.07) is 21.7. The Kier molecular flexibility index (Phi) is 7.36. The van der Waals surface area contributed by atoms with Crippen molar-refractivity contribution in [2.45, 2.75) is 32.1 Å². The Morgan fingerprint density at radius 3 is 2.29 bits per heavy atom. The molecule has 0 unspecified atom stereocenters. The lowest BCUT2D eigenvalue weighted by Crippen LogP contribution is -2.32. The Labute approximate surface area is 209 Å². The van der Waals surface area contributed by atoms with Gasteiger partial charge in [0.2, 0.25) is 0 Å². The number of ether oxygens (including phenoxy) is 1. The van der Waals surface area contributed by atoms with E-state index >= 15 is 0 Å². The van der Waals surface area contributed by atoms with Crippen LogP contribution in [0.3, 0.4) is 0 Å². The van der Waals surface area contributed by atoms with Crippen LogP contribution in [0.15, 0.2) is 88.3 Å². The molecule has 178 valence electrons. The van der Waals surface area contributed by atoms with E-state index in [1.165, 1.54) is 11.8 Å². The van der Waals surface area contributed by atoms with E-state index < -0.39 is 17.8 Å². The highest BCUT2D eigenvalue weighted by Gasteiger charge is 2.40. The summed E-state index contributed by atoms with van der Waals surface area (Å²) in [5.41, 5.74) is 3.82. The van der Waals surface area contributed by atoms with E-state index in [0.29, 0.717) is 22.8 Å². The van der Waals surface area contributed by atoms with Gasteiger partial charge in [-0.2, -0.15) is 0 Å². The summed E-state index contributed by atoms with van der Waals surface area (Å²) < 4.78 is 5.16. The fraction of sp³-hybridized carbons (Fsp3) is 0.179. The molecule has 3 aromatic carbocycles. The highest BCUT2D eigenvalue weighted by molar-refractivity contribution is 8.04. The number of esters is 1. The topological polar surface area (TPSA) is 75.7 Å². The second kappa shape index (κ2) is 10.6. The number of aryl methyl sites for hydroxylation is 2. The monoisotopic (exact) mass is 486 g/mol. The predicted octanol–water partition coefficient (Wildman–Crippen LogP) is 5.86. The van der Waals surface area contributed by atoms with E-state index in [-0.39, 0.29) is 5.70 Å². The van der Waals surface area contributed by atoms with Gasteiger partial charge in [-0.15, -0.1) is 0 Å². The van der Waals surface area contributed by atoms with Gasteiger partial charge < -0.3 is 10.1 Å². The van der Waals surface area contributed by atoms with E-state index in [2.05, 4.69) is 5.32 Å². The lowest BCUT2D eigenvalue weighted by molar-refractivity contribution is -0.120. The first kappa shape index (κ1) is 24.3. The van der Waals surface area contributed by atoms with Gasteiger partial charge in [0.25, 0.3) is 11.8 Å². The standard InChI is InChI=1S/C28H26N2O4S/c1-4-16-34-28(33)20-10-12-22(13-11-20)30-26(31)24(29-21-7-5-6-19(3)17-21)25(27(30)32)35-23-14-8-18(2)9-15-23/h5-15,17,29H,4,16H2,1-3H3. The first-order valence-corrected chi connectivity index (χ1v) is 12.2. The first-order valence-electron chi connectivity index (χ1n) is 11.4. The number of carbonyl (C=O) groups excluding carboxylic acids is 3. The Morgan fingerprint density at radius 2 is 1.63 bits per heavy atom. The highest BCUT2D eigenvalue weighted by Crippen LogP contribution is 2.38. The zero-order chi connectivity index (χ0) is 24.9. The van der Waals surface area contributed by atoms with Gasteiger partial charge in [-0.05, 0) is 74.4 Å². The zero-order valence-corrected chi connectivity index (χ0v) is 20.6. The molecular formula is C28H26N2O4S. The third kappa shape index (κ3) is 5.46. The molecule has 0 bridgehead atoms. The number of anilines is 2. The SMILES string of the molecule is CCCOC(=O)c1ccc(N2C(=O)C(Nc3cccc(C)c3)=C(Sc3ccc(C)cc3)C2=O)cc1. The van der Waals surface area contributed by atoms with Crippen molar-refractivity contribution in [3.05, 3.63) is 100 Å². The van der Waals surface area contributed by atoms with Crippen LogP contribution in [0.1, 0.15) is 34.8 Å². The highest BCUT2D eigenvalue weighted by atomic mass is 32.2. The zero-order valence-electron chi connectivity index (χ0n) is 19.8. The Balaban J connectivity index is 1.66. The van der Waals surface area contributed by atoms with E-state index in [0.717, 1.165) is 33.0 Å². The number of nitrogens with one attached hydrogen (secondary N) is 1. The lowest BCUT2D eigenvalue weighted by atomic mass is 10.2. The molecule has 0 saturated heterocycles. The summed E-state index contributed by atoms with van der Waals surface area (Å²) >= 11 is 1.25.